The van der Waals surface area contributed by atoms with E-state index in [1.54, 1.807) is 11.6 Å². The number of aliphatic hydroxyl groups is 1. The molecule has 7 aliphatic rings. The topological polar surface area (TPSA) is 94.5 Å². The van der Waals surface area contributed by atoms with Crippen molar-refractivity contribution in [3.8, 4) is 11.5 Å². The molecule has 5 fully saturated rings. The van der Waals surface area contributed by atoms with E-state index in [-0.39, 0.29) is 23.1 Å². The summed E-state index contributed by atoms with van der Waals surface area (Å²) in [4.78, 5) is 11.1. The summed E-state index contributed by atoms with van der Waals surface area (Å²) in [7, 11) is 1.49. The summed E-state index contributed by atoms with van der Waals surface area (Å²) < 4.78 is 24.4. The second-order valence-electron chi connectivity index (χ2n) is 17.5. The summed E-state index contributed by atoms with van der Waals surface area (Å²) in [5.41, 5.74) is 3.30. The van der Waals surface area contributed by atoms with Gasteiger partial charge < -0.3 is 29.2 Å². The van der Waals surface area contributed by atoms with E-state index in [1.165, 1.54) is 51.7 Å². The predicted molar refractivity (Wildman–Crippen MR) is 181 cm³/mol. The highest BCUT2D eigenvalue weighted by Crippen LogP contribution is 2.69. The van der Waals surface area contributed by atoms with Crippen molar-refractivity contribution < 1.29 is 34.0 Å². The zero-order chi connectivity index (χ0) is 33.5. The van der Waals surface area contributed by atoms with Crippen LogP contribution in [0.2, 0.25) is 0 Å². The first-order chi connectivity index (χ1) is 22.2. The van der Waals surface area contributed by atoms with E-state index in [4.69, 9.17) is 24.1 Å². The van der Waals surface area contributed by atoms with E-state index >= 15 is 0 Å². The number of ether oxygens (including phenoxy) is 4. The molecule has 11 unspecified atom stereocenters. The molecule has 3 heterocycles. The molecule has 1 spiro atoms. The molecule has 7 nitrogen and oxygen atoms in total. The normalized spacial score (nSPS) is 44.3. The van der Waals surface area contributed by atoms with Crippen LogP contribution in [-0.4, -0.2) is 53.5 Å². The minimum atomic E-state index is -0.977. The van der Waals surface area contributed by atoms with Crippen molar-refractivity contribution in [3.05, 3.63) is 34.9 Å². The molecule has 1 aromatic rings. The van der Waals surface area contributed by atoms with Crippen LogP contribution in [0.5, 0.6) is 11.5 Å². The zero-order valence-electron chi connectivity index (χ0n) is 29.8. The Morgan fingerprint density at radius 2 is 1.79 bits per heavy atom. The number of methoxy groups -OCH3 is 1. The van der Waals surface area contributed by atoms with Gasteiger partial charge in [-0.15, -0.1) is 0 Å². The number of aromatic carboxylic acids is 1. The Kier molecular flexibility index (Phi) is 8.36. The highest BCUT2D eigenvalue weighted by atomic mass is 16.7. The Bertz CT molecular complexity index is 1410. The molecule has 2 N–H and O–H groups in total. The Labute approximate surface area is 281 Å². The molecular formula is C40H58O7. The van der Waals surface area contributed by atoms with Gasteiger partial charge >= 0.3 is 5.97 Å². The lowest BCUT2D eigenvalue weighted by atomic mass is 9.48. The Hall–Kier alpha value is -2.09. The van der Waals surface area contributed by atoms with Gasteiger partial charge in [0.1, 0.15) is 22.7 Å². The number of carboxylic acids is 1. The first-order valence-electron chi connectivity index (χ1n) is 18.5. The molecule has 0 aromatic heterocycles. The number of hydrogen-bond acceptors (Lipinski definition) is 6. The van der Waals surface area contributed by atoms with Crippen molar-refractivity contribution in [3.63, 3.8) is 0 Å². The number of carbonyl (C=O) groups is 1. The predicted octanol–water partition coefficient (Wildman–Crippen LogP) is 8.21. The van der Waals surface area contributed by atoms with Gasteiger partial charge in [0, 0.05) is 17.9 Å². The van der Waals surface area contributed by atoms with Crippen molar-refractivity contribution >= 4 is 5.97 Å². The van der Waals surface area contributed by atoms with Crippen molar-refractivity contribution in [2.75, 3.05) is 13.7 Å². The second-order valence-corrected chi connectivity index (χ2v) is 17.5. The molecule has 47 heavy (non-hydrogen) atoms. The first kappa shape index (κ1) is 33.4. The van der Waals surface area contributed by atoms with Crippen LogP contribution >= 0.6 is 0 Å². The largest absolute Gasteiger partial charge is 0.495 e. The molecule has 7 heteroatoms. The highest BCUT2D eigenvalue weighted by molar-refractivity contribution is 5.92. The first-order valence-corrected chi connectivity index (χ1v) is 18.5. The van der Waals surface area contributed by atoms with E-state index < -0.39 is 5.97 Å². The van der Waals surface area contributed by atoms with Crippen LogP contribution in [0.25, 0.3) is 0 Å². The number of aliphatic hydroxyl groups excluding tert-OH is 1. The Balaban J connectivity index is 0.000000176. The summed E-state index contributed by atoms with van der Waals surface area (Å²) >= 11 is 0. The van der Waals surface area contributed by atoms with Crippen LogP contribution in [0.4, 0.5) is 0 Å². The van der Waals surface area contributed by atoms with Crippen LogP contribution in [0.3, 0.4) is 0 Å². The molecule has 260 valence electrons. The molecule has 3 aliphatic heterocycles. The summed E-state index contributed by atoms with van der Waals surface area (Å²) in [6.45, 7) is 14.8. The molecule has 0 radical (unpaired) electrons. The summed E-state index contributed by atoms with van der Waals surface area (Å²) in [5.74, 6) is 3.85. The lowest BCUT2D eigenvalue weighted by Gasteiger charge is -2.57. The van der Waals surface area contributed by atoms with Gasteiger partial charge in [0.15, 0.2) is 5.79 Å². The Morgan fingerprint density at radius 1 is 1.00 bits per heavy atom. The van der Waals surface area contributed by atoms with Crippen LogP contribution < -0.4 is 9.47 Å². The van der Waals surface area contributed by atoms with Gasteiger partial charge in [-0.2, -0.15) is 0 Å². The summed E-state index contributed by atoms with van der Waals surface area (Å²) in [6, 6.07) is 3.24. The average molecular weight is 651 g/mol. The number of allylic oxidation sites excluding steroid dienone is 2. The van der Waals surface area contributed by atoms with E-state index in [0.29, 0.717) is 46.4 Å². The van der Waals surface area contributed by atoms with Gasteiger partial charge in [0.25, 0.3) is 0 Å². The smallest absolute Gasteiger partial charge is 0.339 e. The van der Waals surface area contributed by atoms with Crippen LogP contribution in [0, 0.1) is 46.3 Å². The van der Waals surface area contributed by atoms with E-state index in [2.05, 4.69) is 33.8 Å². The number of hydrogen-bond donors (Lipinski definition) is 2. The van der Waals surface area contributed by atoms with Crippen LogP contribution in [0.1, 0.15) is 122 Å². The SMILES string of the molecule is CC1CCC2(OC1)OC1CC3C4CCC5CC(O)CCC5(C)C4=CCC3(C)C1C2C.COc1c(C(=O)O)ccc2c1CCC(C)(C)O2. The molecule has 3 saturated carbocycles. The van der Waals surface area contributed by atoms with Gasteiger partial charge in [-0.1, -0.05) is 39.3 Å². The van der Waals surface area contributed by atoms with Crippen LogP contribution in [-0.2, 0) is 15.9 Å². The molecule has 2 saturated heterocycles. The minimum absolute atomic E-state index is 0.0661. The monoisotopic (exact) mass is 650 g/mol. The quantitative estimate of drug-likeness (QED) is 0.312. The molecule has 4 aliphatic carbocycles. The standard InChI is InChI=1S/C27H42O3.C13H16O4/c1-16-7-12-27(29-15-16)17(2)24-23(30-27)14-22-20-6-5-18-13-19(28)8-10-25(18,3)21(20)9-11-26(22,24)4;1-13(2)7-6-8-10(17-13)5-4-9(12(14)15)11(8)16-3/h9,16-20,22-24,28H,5-8,10-15H2,1-4H3;4-5H,6-7H2,1-3H3,(H,14,15). The molecular weight excluding hydrogens is 592 g/mol. The molecule has 0 bridgehead atoms. The van der Waals surface area contributed by atoms with Gasteiger partial charge in [0.05, 0.1) is 25.9 Å². The fraction of sp³-hybridized carbons (Fsp3) is 0.775. The van der Waals surface area contributed by atoms with Gasteiger partial charge in [0.2, 0.25) is 0 Å². The zero-order valence-corrected chi connectivity index (χ0v) is 29.8. The van der Waals surface area contributed by atoms with E-state index in [1.807, 2.05) is 13.8 Å². The van der Waals surface area contributed by atoms with E-state index in [0.717, 1.165) is 61.9 Å². The molecule has 11 atom stereocenters. The maximum atomic E-state index is 11.1. The maximum Gasteiger partial charge on any atom is 0.339 e. The third-order valence-corrected chi connectivity index (χ3v) is 14.3. The van der Waals surface area contributed by atoms with Crippen molar-refractivity contribution in [2.24, 2.45) is 46.3 Å². The maximum absolute atomic E-state index is 11.1. The molecule has 8 rings (SSSR count). The highest BCUT2D eigenvalue weighted by Gasteiger charge is 2.67. The van der Waals surface area contributed by atoms with E-state index in [9.17, 15) is 9.90 Å². The van der Waals surface area contributed by atoms with Gasteiger partial charge in [-0.05, 0) is 131 Å². The minimum Gasteiger partial charge on any atom is -0.495 e. The summed E-state index contributed by atoms with van der Waals surface area (Å²) in [6.07, 6.45) is 15.2. The average Bonchev–Trinajstić information content (AvgIpc) is 3.47. The van der Waals surface area contributed by atoms with Gasteiger partial charge in [-0.3, -0.25) is 0 Å². The molecule has 1 aromatic carbocycles. The third-order valence-electron chi connectivity index (χ3n) is 14.3. The lowest BCUT2D eigenvalue weighted by Crippen LogP contribution is -2.50. The number of fused-ring (bicyclic) bond motifs is 8. The van der Waals surface area contributed by atoms with Crippen molar-refractivity contribution in [1.82, 2.24) is 0 Å². The lowest BCUT2D eigenvalue weighted by molar-refractivity contribution is -0.272. The molecule has 0 amide bonds. The van der Waals surface area contributed by atoms with Crippen molar-refractivity contribution in [1.29, 1.82) is 0 Å². The fourth-order valence-electron chi connectivity index (χ4n) is 11.6. The van der Waals surface area contributed by atoms with Crippen LogP contribution in [0.15, 0.2) is 23.8 Å². The third kappa shape index (κ3) is 5.36. The number of carboxylic acid groups (broad SMARTS) is 1. The number of benzene rings is 1. The Morgan fingerprint density at radius 3 is 2.49 bits per heavy atom. The second kappa shape index (κ2) is 11.8. The number of rotatable bonds is 2. The summed E-state index contributed by atoms with van der Waals surface area (Å²) in [5, 5.41) is 19.4. The van der Waals surface area contributed by atoms with Gasteiger partial charge in [-0.25, -0.2) is 4.79 Å². The van der Waals surface area contributed by atoms with Crippen molar-refractivity contribution in [2.45, 2.75) is 136 Å². The fourth-order valence-corrected chi connectivity index (χ4v) is 11.6.